The lowest BCUT2D eigenvalue weighted by molar-refractivity contribution is -0.119. The van der Waals surface area contributed by atoms with E-state index in [2.05, 4.69) is 5.32 Å². The molecule has 1 amide bonds. The molecule has 2 rings (SSSR count). The van der Waals surface area contributed by atoms with Crippen LogP contribution in [0.25, 0.3) is 0 Å². The lowest BCUT2D eigenvalue weighted by atomic mass is 10.1. The summed E-state index contributed by atoms with van der Waals surface area (Å²) in [6.07, 6.45) is 0. The Bertz CT molecular complexity index is 798. The van der Waals surface area contributed by atoms with Crippen molar-refractivity contribution in [3.05, 3.63) is 59.2 Å². The highest BCUT2D eigenvalue weighted by molar-refractivity contribution is 6.04. The molecule has 6 nitrogen and oxygen atoms in total. The molecule has 2 aromatic carbocycles. The zero-order valence-electron chi connectivity index (χ0n) is 13.3. The van der Waals surface area contributed by atoms with Crippen molar-refractivity contribution in [3.8, 4) is 5.75 Å². The molecule has 0 saturated heterocycles. The number of phenols is 1. The summed E-state index contributed by atoms with van der Waals surface area (Å²) in [7, 11) is 0. The predicted molar refractivity (Wildman–Crippen MR) is 88.2 cm³/mol. The third-order valence-corrected chi connectivity index (χ3v) is 3.29. The first-order valence-electron chi connectivity index (χ1n) is 7.25. The van der Waals surface area contributed by atoms with E-state index >= 15 is 0 Å². The van der Waals surface area contributed by atoms with Gasteiger partial charge in [0.15, 0.2) is 12.4 Å². The third kappa shape index (κ3) is 4.19. The van der Waals surface area contributed by atoms with Gasteiger partial charge in [-0.05, 0) is 43.7 Å². The van der Waals surface area contributed by atoms with Crippen LogP contribution in [0.4, 0.5) is 5.69 Å². The molecule has 0 fully saturated rings. The van der Waals surface area contributed by atoms with Crippen LogP contribution in [0.5, 0.6) is 5.75 Å². The molecule has 0 bridgehead atoms. The normalized spacial score (nSPS) is 10.1. The lowest BCUT2D eigenvalue weighted by Gasteiger charge is -2.10. The molecular formula is C18H17NO5. The van der Waals surface area contributed by atoms with E-state index in [9.17, 15) is 19.5 Å². The molecule has 2 aromatic rings. The number of para-hydroxylation sites is 1. The van der Waals surface area contributed by atoms with E-state index < -0.39 is 18.5 Å². The molecule has 6 heteroatoms. The van der Waals surface area contributed by atoms with Gasteiger partial charge in [0.05, 0.1) is 5.69 Å². The Morgan fingerprint density at radius 1 is 1.08 bits per heavy atom. The SMILES string of the molecule is CC(=O)c1ccccc1NC(=O)COC(=O)c1ccc(C)cc1O. The van der Waals surface area contributed by atoms with Crippen LogP contribution in [0.3, 0.4) is 0 Å². The van der Waals surface area contributed by atoms with Crippen LogP contribution in [0, 0.1) is 6.92 Å². The highest BCUT2D eigenvalue weighted by Crippen LogP contribution is 2.19. The van der Waals surface area contributed by atoms with E-state index in [1.165, 1.54) is 19.1 Å². The van der Waals surface area contributed by atoms with Gasteiger partial charge in [-0.25, -0.2) is 4.79 Å². The average molecular weight is 327 g/mol. The Hall–Kier alpha value is -3.15. The van der Waals surface area contributed by atoms with E-state index in [4.69, 9.17) is 4.74 Å². The predicted octanol–water partition coefficient (Wildman–Crippen LogP) is 2.70. The monoisotopic (exact) mass is 327 g/mol. The van der Waals surface area contributed by atoms with Crippen molar-refractivity contribution in [2.24, 2.45) is 0 Å². The minimum atomic E-state index is -0.803. The Kier molecular flexibility index (Phi) is 5.31. The fourth-order valence-electron chi connectivity index (χ4n) is 2.11. The van der Waals surface area contributed by atoms with E-state index in [1.807, 2.05) is 0 Å². The van der Waals surface area contributed by atoms with Gasteiger partial charge in [0, 0.05) is 5.56 Å². The molecule has 0 spiro atoms. The van der Waals surface area contributed by atoms with E-state index in [-0.39, 0.29) is 17.1 Å². The summed E-state index contributed by atoms with van der Waals surface area (Å²) in [5, 5.41) is 12.2. The van der Waals surface area contributed by atoms with Crippen LogP contribution >= 0.6 is 0 Å². The van der Waals surface area contributed by atoms with Crippen LogP contribution in [-0.4, -0.2) is 29.4 Å². The van der Waals surface area contributed by atoms with Gasteiger partial charge in [0.25, 0.3) is 5.91 Å². The van der Waals surface area contributed by atoms with Crippen LogP contribution in [0.2, 0.25) is 0 Å². The molecule has 0 atom stereocenters. The number of aryl methyl sites for hydroxylation is 1. The smallest absolute Gasteiger partial charge is 0.342 e. The highest BCUT2D eigenvalue weighted by atomic mass is 16.5. The van der Waals surface area contributed by atoms with Crippen molar-refractivity contribution in [1.29, 1.82) is 0 Å². The maximum atomic E-state index is 11.9. The van der Waals surface area contributed by atoms with Gasteiger partial charge in [-0.3, -0.25) is 9.59 Å². The van der Waals surface area contributed by atoms with Gasteiger partial charge in [-0.1, -0.05) is 18.2 Å². The van der Waals surface area contributed by atoms with Crippen molar-refractivity contribution in [2.75, 3.05) is 11.9 Å². The molecule has 0 saturated carbocycles. The van der Waals surface area contributed by atoms with Gasteiger partial charge in [0.2, 0.25) is 0 Å². The summed E-state index contributed by atoms with van der Waals surface area (Å²) >= 11 is 0. The summed E-state index contributed by atoms with van der Waals surface area (Å²) in [6.45, 7) is 2.64. The minimum absolute atomic E-state index is 0.0162. The number of hydrogen-bond donors (Lipinski definition) is 2. The average Bonchev–Trinajstić information content (AvgIpc) is 2.53. The first-order valence-corrected chi connectivity index (χ1v) is 7.25. The van der Waals surface area contributed by atoms with Gasteiger partial charge in [-0.2, -0.15) is 0 Å². The number of ether oxygens (including phenoxy) is 1. The maximum absolute atomic E-state index is 11.9. The molecule has 2 N–H and O–H groups in total. The second-order valence-corrected chi connectivity index (χ2v) is 5.25. The number of esters is 1. The molecule has 0 heterocycles. The molecule has 0 aliphatic carbocycles. The lowest BCUT2D eigenvalue weighted by Crippen LogP contribution is -2.22. The molecule has 0 aliphatic heterocycles. The van der Waals surface area contributed by atoms with E-state index in [0.29, 0.717) is 11.3 Å². The van der Waals surface area contributed by atoms with Crippen molar-refractivity contribution >= 4 is 23.3 Å². The number of Topliss-reactive ketones (excluding diaryl/α,β-unsaturated/α-hetero) is 1. The van der Waals surface area contributed by atoms with Gasteiger partial charge >= 0.3 is 5.97 Å². The first-order chi connectivity index (χ1) is 11.4. The standard InChI is InChI=1S/C18H17NO5/c1-11-7-8-14(16(21)9-11)18(23)24-10-17(22)19-15-6-4-3-5-13(15)12(2)20/h3-9,21H,10H2,1-2H3,(H,19,22). The summed E-state index contributed by atoms with van der Waals surface area (Å²) in [6, 6.07) is 11.1. The number of carbonyl (C=O) groups is 3. The fourth-order valence-corrected chi connectivity index (χ4v) is 2.11. The number of carbonyl (C=O) groups excluding carboxylic acids is 3. The number of benzene rings is 2. The molecule has 124 valence electrons. The molecule has 0 aliphatic rings. The minimum Gasteiger partial charge on any atom is -0.507 e. The molecule has 0 aromatic heterocycles. The largest absolute Gasteiger partial charge is 0.507 e. The van der Waals surface area contributed by atoms with Crippen LogP contribution in [0.15, 0.2) is 42.5 Å². The summed E-state index contributed by atoms with van der Waals surface area (Å²) in [5.74, 6) is -1.78. The van der Waals surface area contributed by atoms with Gasteiger partial charge in [0.1, 0.15) is 11.3 Å². The van der Waals surface area contributed by atoms with Crippen molar-refractivity contribution in [2.45, 2.75) is 13.8 Å². The summed E-state index contributed by atoms with van der Waals surface area (Å²) in [4.78, 5) is 35.3. The number of aromatic hydroxyl groups is 1. The quantitative estimate of drug-likeness (QED) is 0.650. The number of hydrogen-bond acceptors (Lipinski definition) is 5. The molecule has 0 radical (unpaired) electrons. The number of ketones is 1. The first kappa shape index (κ1) is 17.2. The third-order valence-electron chi connectivity index (χ3n) is 3.29. The van der Waals surface area contributed by atoms with E-state index in [1.54, 1.807) is 37.3 Å². The van der Waals surface area contributed by atoms with E-state index in [0.717, 1.165) is 5.56 Å². The van der Waals surface area contributed by atoms with Crippen LogP contribution in [0.1, 0.15) is 33.2 Å². The van der Waals surface area contributed by atoms with Crippen molar-refractivity contribution < 1.29 is 24.2 Å². The Morgan fingerprint density at radius 2 is 1.79 bits per heavy atom. The van der Waals surface area contributed by atoms with Crippen LogP contribution < -0.4 is 5.32 Å². The highest BCUT2D eigenvalue weighted by Gasteiger charge is 2.15. The zero-order chi connectivity index (χ0) is 17.7. The topological polar surface area (TPSA) is 92.7 Å². The maximum Gasteiger partial charge on any atom is 0.342 e. The molecule has 0 unspecified atom stereocenters. The van der Waals surface area contributed by atoms with Crippen molar-refractivity contribution in [1.82, 2.24) is 0 Å². The molecule has 24 heavy (non-hydrogen) atoms. The van der Waals surface area contributed by atoms with Gasteiger partial charge in [-0.15, -0.1) is 0 Å². The zero-order valence-corrected chi connectivity index (χ0v) is 13.3. The second-order valence-electron chi connectivity index (χ2n) is 5.25. The number of rotatable bonds is 5. The number of nitrogens with one attached hydrogen (secondary N) is 1. The number of anilines is 1. The van der Waals surface area contributed by atoms with Crippen LogP contribution in [-0.2, 0) is 9.53 Å². The Balaban J connectivity index is 1.99. The summed E-state index contributed by atoms with van der Waals surface area (Å²) < 4.78 is 4.89. The summed E-state index contributed by atoms with van der Waals surface area (Å²) in [5.41, 5.74) is 1.50. The molecular weight excluding hydrogens is 310 g/mol. The van der Waals surface area contributed by atoms with Crippen molar-refractivity contribution in [3.63, 3.8) is 0 Å². The second kappa shape index (κ2) is 7.41. The number of phenolic OH excluding ortho intramolecular Hbond substituents is 1. The number of amides is 1. The Labute approximate surface area is 139 Å². The van der Waals surface area contributed by atoms with Gasteiger partial charge < -0.3 is 15.2 Å². The fraction of sp³-hybridized carbons (Fsp3) is 0.167. The Morgan fingerprint density at radius 3 is 2.46 bits per heavy atom.